The van der Waals surface area contributed by atoms with Gasteiger partial charge in [-0.05, 0) is 24.5 Å². The minimum Gasteiger partial charge on any atom is -0.323 e. The summed E-state index contributed by atoms with van der Waals surface area (Å²) in [6.07, 6.45) is 4.74. The Morgan fingerprint density at radius 3 is 2.95 bits per heavy atom. The predicted molar refractivity (Wildman–Crippen MR) is 82.4 cm³/mol. The average Bonchev–Trinajstić information content (AvgIpc) is 3.11. The highest BCUT2D eigenvalue weighted by Gasteiger charge is 2.11. The monoisotopic (exact) mass is 303 g/mol. The molecule has 0 aliphatic carbocycles. The van der Waals surface area contributed by atoms with Gasteiger partial charge in [0.05, 0.1) is 11.4 Å². The van der Waals surface area contributed by atoms with Gasteiger partial charge < -0.3 is 4.57 Å². The van der Waals surface area contributed by atoms with Crippen molar-refractivity contribution in [3.63, 3.8) is 0 Å². The van der Waals surface area contributed by atoms with Gasteiger partial charge in [-0.15, -0.1) is 11.3 Å². The van der Waals surface area contributed by atoms with Crippen molar-refractivity contribution in [2.45, 2.75) is 26.8 Å². The Kier molecular flexibility index (Phi) is 3.74. The normalized spacial score (nSPS) is 11.4. The molecule has 0 radical (unpaired) electrons. The second kappa shape index (κ2) is 5.69. The zero-order valence-corrected chi connectivity index (χ0v) is 12.8. The van der Waals surface area contributed by atoms with Crippen molar-refractivity contribution in [3.8, 4) is 10.7 Å². The van der Waals surface area contributed by atoms with E-state index in [1.807, 2.05) is 10.8 Å². The lowest BCUT2D eigenvalue weighted by atomic mass is 10.1. The maximum atomic E-state index is 11.1. The fourth-order valence-electron chi connectivity index (χ4n) is 2.21. The van der Waals surface area contributed by atoms with Crippen LogP contribution >= 0.6 is 11.3 Å². The van der Waals surface area contributed by atoms with Gasteiger partial charge in [-0.2, -0.15) is 5.10 Å². The third-order valence-corrected chi connectivity index (χ3v) is 4.18. The van der Waals surface area contributed by atoms with Crippen LogP contribution in [0.15, 0.2) is 29.3 Å². The average molecular weight is 303 g/mol. The van der Waals surface area contributed by atoms with Gasteiger partial charge in [0.1, 0.15) is 5.82 Å². The summed E-state index contributed by atoms with van der Waals surface area (Å²) in [6.45, 7) is 4.92. The number of aromatic amines is 2. The Morgan fingerprint density at radius 2 is 2.24 bits per heavy atom. The summed E-state index contributed by atoms with van der Waals surface area (Å²) in [5.74, 6) is 2.14. The number of aromatic nitrogens is 5. The van der Waals surface area contributed by atoms with Crippen LogP contribution in [0, 0.1) is 5.92 Å². The molecule has 3 aromatic rings. The summed E-state index contributed by atoms with van der Waals surface area (Å²) in [5.41, 5.74) is -0.290. The van der Waals surface area contributed by atoms with E-state index in [0.29, 0.717) is 18.3 Å². The first-order valence-corrected chi connectivity index (χ1v) is 7.67. The van der Waals surface area contributed by atoms with Crippen LogP contribution in [0.2, 0.25) is 0 Å². The van der Waals surface area contributed by atoms with Crippen LogP contribution in [-0.2, 0) is 13.0 Å². The van der Waals surface area contributed by atoms with Gasteiger partial charge in [-0.25, -0.2) is 14.9 Å². The number of nitrogens with zero attached hydrogens (tertiary/aromatic N) is 3. The van der Waals surface area contributed by atoms with Gasteiger partial charge in [0.25, 0.3) is 0 Å². The molecule has 0 fully saturated rings. The maximum absolute atomic E-state index is 11.1. The maximum Gasteiger partial charge on any atom is 0.340 e. The molecule has 3 rings (SSSR count). The van der Waals surface area contributed by atoms with E-state index in [9.17, 15) is 4.79 Å². The highest BCUT2D eigenvalue weighted by Crippen LogP contribution is 2.28. The van der Waals surface area contributed by atoms with E-state index in [0.717, 1.165) is 17.1 Å². The number of thiophene rings is 1. The number of hydrogen-bond acceptors (Lipinski definition) is 4. The molecule has 6 nitrogen and oxygen atoms in total. The smallest absolute Gasteiger partial charge is 0.323 e. The van der Waals surface area contributed by atoms with Crippen molar-refractivity contribution in [2.24, 2.45) is 5.92 Å². The van der Waals surface area contributed by atoms with Gasteiger partial charge in [0.15, 0.2) is 5.82 Å². The molecule has 3 aromatic heterocycles. The number of rotatable bonds is 5. The lowest BCUT2D eigenvalue weighted by Crippen LogP contribution is -2.05. The second-order valence-corrected chi connectivity index (χ2v) is 6.54. The summed E-state index contributed by atoms with van der Waals surface area (Å²) in [6, 6.07) is 4.27. The van der Waals surface area contributed by atoms with Gasteiger partial charge in [-0.3, -0.25) is 4.98 Å². The lowest BCUT2D eigenvalue weighted by molar-refractivity contribution is 0.654. The van der Waals surface area contributed by atoms with E-state index in [4.69, 9.17) is 0 Å². The summed E-state index contributed by atoms with van der Waals surface area (Å²) < 4.78 is 1.98. The molecular formula is C14H17N5OS. The minimum atomic E-state index is -0.290. The SMILES string of the molecule is CC(C)Cc1ccc(-c2nccn2Cc2n[nH]c(=O)[nH]2)s1. The topological polar surface area (TPSA) is 79.4 Å². The van der Waals surface area contributed by atoms with E-state index in [1.54, 1.807) is 17.5 Å². The molecule has 2 N–H and O–H groups in total. The van der Waals surface area contributed by atoms with E-state index >= 15 is 0 Å². The van der Waals surface area contributed by atoms with Crippen molar-refractivity contribution < 1.29 is 0 Å². The third-order valence-electron chi connectivity index (χ3n) is 3.08. The van der Waals surface area contributed by atoms with Crippen LogP contribution < -0.4 is 5.69 Å². The second-order valence-electron chi connectivity index (χ2n) is 5.37. The van der Waals surface area contributed by atoms with Gasteiger partial charge in [-0.1, -0.05) is 13.8 Å². The van der Waals surface area contributed by atoms with Crippen LogP contribution in [-0.4, -0.2) is 24.7 Å². The van der Waals surface area contributed by atoms with Crippen LogP contribution in [0.1, 0.15) is 24.5 Å². The van der Waals surface area contributed by atoms with Crippen molar-refractivity contribution in [3.05, 3.63) is 45.7 Å². The van der Waals surface area contributed by atoms with Crippen molar-refractivity contribution in [1.29, 1.82) is 0 Å². The van der Waals surface area contributed by atoms with Crippen molar-refractivity contribution >= 4 is 11.3 Å². The Balaban J connectivity index is 1.84. The number of imidazole rings is 1. The van der Waals surface area contributed by atoms with Crippen LogP contribution in [0.4, 0.5) is 0 Å². The molecule has 0 atom stereocenters. The quantitative estimate of drug-likeness (QED) is 0.759. The Labute approximate surface area is 125 Å². The molecule has 7 heteroatoms. The molecule has 0 aliphatic heterocycles. The molecule has 0 aliphatic rings. The molecule has 0 spiro atoms. The summed E-state index contributed by atoms with van der Waals surface area (Å²) >= 11 is 1.77. The summed E-state index contributed by atoms with van der Waals surface area (Å²) in [5, 5.41) is 6.31. The summed E-state index contributed by atoms with van der Waals surface area (Å²) in [4.78, 5) is 20.7. The Bertz CT molecular complexity index is 779. The Morgan fingerprint density at radius 1 is 1.38 bits per heavy atom. The first-order chi connectivity index (χ1) is 10.1. The molecule has 0 amide bonds. The highest BCUT2D eigenvalue weighted by molar-refractivity contribution is 7.15. The molecular weight excluding hydrogens is 286 g/mol. The largest absolute Gasteiger partial charge is 0.340 e. The predicted octanol–water partition coefficient (Wildman–Crippen LogP) is 2.27. The molecule has 3 heterocycles. The zero-order valence-electron chi connectivity index (χ0n) is 12.0. The van der Waals surface area contributed by atoms with Gasteiger partial charge in [0, 0.05) is 17.3 Å². The molecule has 0 bridgehead atoms. The van der Waals surface area contributed by atoms with E-state index in [2.05, 4.69) is 46.1 Å². The molecule has 0 saturated carbocycles. The zero-order chi connectivity index (χ0) is 14.8. The molecule has 0 aromatic carbocycles. The van der Waals surface area contributed by atoms with Crippen LogP contribution in [0.25, 0.3) is 10.7 Å². The van der Waals surface area contributed by atoms with Crippen LogP contribution in [0.5, 0.6) is 0 Å². The first kappa shape index (κ1) is 13.8. The molecule has 21 heavy (non-hydrogen) atoms. The standard InChI is InChI=1S/C14H17N5OS/c1-9(2)7-10-3-4-11(21-10)13-15-5-6-19(13)8-12-16-14(20)18-17-12/h3-6,9H,7-8H2,1-2H3,(H2,16,17,18,20). The van der Waals surface area contributed by atoms with Gasteiger partial charge >= 0.3 is 5.69 Å². The summed E-state index contributed by atoms with van der Waals surface area (Å²) in [7, 11) is 0. The molecule has 0 unspecified atom stereocenters. The third kappa shape index (κ3) is 3.13. The fourth-order valence-corrected chi connectivity index (χ4v) is 3.45. The molecule has 110 valence electrons. The molecule has 0 saturated heterocycles. The minimum absolute atomic E-state index is 0.290. The lowest BCUT2D eigenvalue weighted by Gasteiger charge is -2.04. The Hall–Kier alpha value is -2.15. The van der Waals surface area contributed by atoms with E-state index < -0.39 is 0 Å². The van der Waals surface area contributed by atoms with Crippen molar-refractivity contribution in [2.75, 3.05) is 0 Å². The first-order valence-electron chi connectivity index (χ1n) is 6.85. The highest BCUT2D eigenvalue weighted by atomic mass is 32.1. The van der Waals surface area contributed by atoms with Gasteiger partial charge in [0.2, 0.25) is 0 Å². The number of hydrogen-bond donors (Lipinski definition) is 2. The van der Waals surface area contributed by atoms with Crippen LogP contribution in [0.3, 0.4) is 0 Å². The van der Waals surface area contributed by atoms with Crippen molar-refractivity contribution in [1.82, 2.24) is 24.7 Å². The van der Waals surface area contributed by atoms with E-state index in [1.165, 1.54) is 4.88 Å². The number of nitrogens with one attached hydrogen (secondary N) is 2. The fraction of sp³-hybridized carbons (Fsp3) is 0.357. The number of H-pyrrole nitrogens is 2. The van der Waals surface area contributed by atoms with E-state index in [-0.39, 0.29) is 5.69 Å².